The lowest BCUT2D eigenvalue weighted by molar-refractivity contribution is 0.0679. The van der Waals surface area contributed by atoms with Gasteiger partial charge in [-0.25, -0.2) is 4.39 Å². The molecule has 132 valence electrons. The van der Waals surface area contributed by atoms with Gasteiger partial charge in [-0.2, -0.15) is 0 Å². The number of fused-ring (bicyclic) bond motifs is 1. The third-order valence-electron chi connectivity index (χ3n) is 3.83. The van der Waals surface area contributed by atoms with Gasteiger partial charge in [-0.05, 0) is 51.8 Å². The molecular formula is C18H17BrFNO4. The predicted molar refractivity (Wildman–Crippen MR) is 93.3 cm³/mol. The third kappa shape index (κ3) is 4.11. The van der Waals surface area contributed by atoms with Gasteiger partial charge >= 0.3 is 0 Å². The summed E-state index contributed by atoms with van der Waals surface area (Å²) in [5, 5.41) is 0. The Labute approximate surface area is 153 Å². The molecule has 0 aromatic heterocycles. The third-order valence-corrected chi connectivity index (χ3v) is 4.47. The number of carbonyl (C=O) groups is 1. The zero-order valence-electron chi connectivity index (χ0n) is 13.6. The van der Waals surface area contributed by atoms with Crippen molar-refractivity contribution in [3.05, 3.63) is 57.8 Å². The molecule has 0 bridgehead atoms. The lowest BCUT2D eigenvalue weighted by Gasteiger charge is -2.23. The number of hydrogen-bond acceptors (Lipinski definition) is 4. The Morgan fingerprint density at radius 2 is 2.04 bits per heavy atom. The molecule has 1 aliphatic rings. The molecule has 0 aliphatic carbocycles. The van der Waals surface area contributed by atoms with Crippen LogP contribution in [0.5, 0.6) is 11.5 Å². The Kier molecular flexibility index (Phi) is 5.55. The summed E-state index contributed by atoms with van der Waals surface area (Å²) < 4.78 is 29.8. The van der Waals surface area contributed by atoms with Crippen LogP contribution in [-0.4, -0.2) is 37.9 Å². The van der Waals surface area contributed by atoms with Gasteiger partial charge in [0.25, 0.3) is 5.91 Å². The zero-order chi connectivity index (χ0) is 17.8. The minimum Gasteiger partial charge on any atom is -0.454 e. The SMILES string of the molecule is COCCN(Cc1ccc2c(c1)OCO2)C(=O)c1ccc(Br)c(F)c1. The van der Waals surface area contributed by atoms with Crippen LogP contribution in [0.3, 0.4) is 0 Å². The maximum absolute atomic E-state index is 13.8. The van der Waals surface area contributed by atoms with Gasteiger partial charge in [0.15, 0.2) is 11.5 Å². The van der Waals surface area contributed by atoms with Crippen molar-refractivity contribution in [1.82, 2.24) is 4.90 Å². The summed E-state index contributed by atoms with van der Waals surface area (Å²) in [5.74, 6) is 0.613. The van der Waals surface area contributed by atoms with Crippen molar-refractivity contribution in [3.63, 3.8) is 0 Å². The first-order chi connectivity index (χ1) is 12.1. The maximum Gasteiger partial charge on any atom is 0.254 e. The number of nitrogens with zero attached hydrogens (tertiary/aromatic N) is 1. The topological polar surface area (TPSA) is 48.0 Å². The number of halogens is 2. The molecule has 1 heterocycles. The number of carbonyl (C=O) groups excluding carboxylic acids is 1. The van der Waals surface area contributed by atoms with E-state index >= 15 is 0 Å². The minimum absolute atomic E-state index is 0.198. The summed E-state index contributed by atoms with van der Waals surface area (Å²) in [5.41, 5.74) is 1.18. The van der Waals surface area contributed by atoms with Crippen LogP contribution in [0.2, 0.25) is 0 Å². The molecule has 0 radical (unpaired) electrons. The van der Waals surface area contributed by atoms with Crippen molar-refractivity contribution in [2.45, 2.75) is 6.54 Å². The Hall–Kier alpha value is -2.12. The molecule has 1 amide bonds. The monoisotopic (exact) mass is 409 g/mol. The molecule has 3 rings (SSSR count). The second-order valence-electron chi connectivity index (χ2n) is 5.54. The van der Waals surface area contributed by atoms with E-state index in [1.807, 2.05) is 18.2 Å². The zero-order valence-corrected chi connectivity index (χ0v) is 15.2. The first kappa shape index (κ1) is 17.7. The van der Waals surface area contributed by atoms with Gasteiger partial charge in [0.05, 0.1) is 11.1 Å². The number of hydrogen-bond donors (Lipinski definition) is 0. The molecule has 2 aromatic rings. The summed E-state index contributed by atoms with van der Waals surface area (Å²) in [6, 6.07) is 9.88. The summed E-state index contributed by atoms with van der Waals surface area (Å²) in [4.78, 5) is 14.4. The molecular weight excluding hydrogens is 393 g/mol. The number of methoxy groups -OCH3 is 1. The molecule has 5 nitrogen and oxygen atoms in total. The normalized spacial score (nSPS) is 12.3. The average molecular weight is 410 g/mol. The van der Waals surface area contributed by atoms with Gasteiger partial charge in [-0.3, -0.25) is 4.79 Å². The quantitative estimate of drug-likeness (QED) is 0.730. The highest BCUT2D eigenvalue weighted by Gasteiger charge is 2.19. The van der Waals surface area contributed by atoms with Crippen LogP contribution in [0, 0.1) is 5.82 Å². The highest BCUT2D eigenvalue weighted by molar-refractivity contribution is 9.10. The van der Waals surface area contributed by atoms with Crippen molar-refractivity contribution in [1.29, 1.82) is 0 Å². The standard InChI is InChI=1S/C18H17BrFNO4/c1-23-7-6-21(18(22)13-3-4-14(19)15(20)9-13)10-12-2-5-16-17(8-12)25-11-24-16/h2-5,8-9H,6-7,10-11H2,1H3. The Morgan fingerprint density at radius 1 is 1.24 bits per heavy atom. The van der Waals surface area contributed by atoms with Crippen LogP contribution in [-0.2, 0) is 11.3 Å². The molecule has 0 saturated carbocycles. The van der Waals surface area contributed by atoms with Gasteiger partial charge in [-0.1, -0.05) is 6.07 Å². The second kappa shape index (κ2) is 7.84. The van der Waals surface area contributed by atoms with Crippen molar-refractivity contribution in [2.24, 2.45) is 0 Å². The van der Waals surface area contributed by atoms with E-state index in [-0.39, 0.29) is 18.3 Å². The maximum atomic E-state index is 13.8. The highest BCUT2D eigenvalue weighted by Crippen LogP contribution is 2.33. The summed E-state index contributed by atoms with van der Waals surface area (Å²) in [6.07, 6.45) is 0. The fraction of sp³-hybridized carbons (Fsp3) is 0.278. The van der Waals surface area contributed by atoms with E-state index in [1.54, 1.807) is 18.1 Å². The van der Waals surface area contributed by atoms with Gasteiger partial charge in [0, 0.05) is 25.8 Å². The van der Waals surface area contributed by atoms with Gasteiger partial charge in [0.1, 0.15) is 5.82 Å². The lowest BCUT2D eigenvalue weighted by Crippen LogP contribution is -2.33. The Morgan fingerprint density at radius 3 is 2.80 bits per heavy atom. The molecule has 7 heteroatoms. The number of rotatable bonds is 6. The second-order valence-corrected chi connectivity index (χ2v) is 6.39. The van der Waals surface area contributed by atoms with Crippen LogP contribution < -0.4 is 9.47 Å². The van der Waals surface area contributed by atoms with Gasteiger partial charge in [-0.15, -0.1) is 0 Å². The Bertz CT molecular complexity index is 784. The highest BCUT2D eigenvalue weighted by atomic mass is 79.9. The Balaban J connectivity index is 1.81. The first-order valence-corrected chi connectivity index (χ1v) is 8.49. The average Bonchev–Trinajstić information content (AvgIpc) is 3.08. The van der Waals surface area contributed by atoms with Crippen LogP contribution in [0.15, 0.2) is 40.9 Å². The molecule has 0 fully saturated rings. The van der Waals surface area contributed by atoms with Gasteiger partial charge in [0.2, 0.25) is 6.79 Å². The van der Waals surface area contributed by atoms with Crippen LogP contribution in [0.4, 0.5) is 4.39 Å². The van der Waals surface area contributed by atoms with Crippen LogP contribution >= 0.6 is 15.9 Å². The molecule has 2 aromatic carbocycles. The molecule has 0 unspecified atom stereocenters. The van der Waals surface area contributed by atoms with Crippen molar-refractivity contribution >= 4 is 21.8 Å². The van der Waals surface area contributed by atoms with Crippen LogP contribution in [0.25, 0.3) is 0 Å². The molecule has 0 atom stereocenters. The fourth-order valence-corrected chi connectivity index (χ4v) is 2.77. The van der Waals surface area contributed by atoms with Gasteiger partial charge < -0.3 is 19.1 Å². The largest absolute Gasteiger partial charge is 0.454 e. The number of amides is 1. The molecule has 1 aliphatic heterocycles. The fourth-order valence-electron chi connectivity index (χ4n) is 2.53. The summed E-state index contributed by atoms with van der Waals surface area (Å²) >= 11 is 3.09. The number of ether oxygens (including phenoxy) is 3. The molecule has 0 saturated heterocycles. The summed E-state index contributed by atoms with van der Waals surface area (Å²) in [7, 11) is 1.57. The molecule has 0 spiro atoms. The minimum atomic E-state index is -0.472. The van der Waals surface area contributed by atoms with Crippen molar-refractivity contribution in [3.8, 4) is 11.5 Å². The van der Waals surface area contributed by atoms with E-state index in [2.05, 4.69) is 15.9 Å². The van der Waals surface area contributed by atoms with Crippen molar-refractivity contribution < 1.29 is 23.4 Å². The number of benzene rings is 2. The predicted octanol–water partition coefficient (Wildman–Crippen LogP) is 3.61. The van der Waals surface area contributed by atoms with Crippen LogP contribution in [0.1, 0.15) is 15.9 Å². The first-order valence-electron chi connectivity index (χ1n) is 7.70. The van der Waals surface area contributed by atoms with E-state index in [0.717, 1.165) is 5.56 Å². The van der Waals surface area contributed by atoms with E-state index in [4.69, 9.17) is 14.2 Å². The smallest absolute Gasteiger partial charge is 0.254 e. The van der Waals surface area contributed by atoms with E-state index in [1.165, 1.54) is 12.1 Å². The van der Waals surface area contributed by atoms with E-state index in [9.17, 15) is 9.18 Å². The molecule has 0 N–H and O–H groups in total. The van der Waals surface area contributed by atoms with E-state index in [0.29, 0.717) is 35.7 Å². The van der Waals surface area contributed by atoms with E-state index < -0.39 is 5.82 Å². The van der Waals surface area contributed by atoms with Crippen molar-refractivity contribution in [2.75, 3.05) is 27.1 Å². The molecule has 25 heavy (non-hydrogen) atoms. The lowest BCUT2D eigenvalue weighted by atomic mass is 10.1. The summed E-state index contributed by atoms with van der Waals surface area (Å²) in [6.45, 7) is 1.33.